The van der Waals surface area contributed by atoms with Gasteiger partial charge in [0.1, 0.15) is 35.6 Å². The lowest BCUT2D eigenvalue weighted by atomic mass is 9.82. The molecule has 0 spiro atoms. The smallest absolute Gasteiger partial charge is 0.289 e. The van der Waals surface area contributed by atoms with Gasteiger partial charge in [0.2, 0.25) is 41.2 Å². The van der Waals surface area contributed by atoms with E-state index >= 15 is 0 Å². The number of hydrogen-bond donors (Lipinski definition) is 8. The number of rotatable bonds is 34. The summed E-state index contributed by atoms with van der Waals surface area (Å²) >= 11 is 0. The molecule has 1 aromatic heterocycles. The van der Waals surface area contributed by atoms with Gasteiger partial charge in [-0.25, -0.2) is 9.97 Å². The lowest BCUT2D eigenvalue weighted by molar-refractivity contribution is -0.146. The molecule has 496 valence electrons. The quantitative estimate of drug-likeness (QED) is 0.0282. The average Bonchev–Trinajstić information content (AvgIpc) is 1.63. The van der Waals surface area contributed by atoms with Gasteiger partial charge in [-0.05, 0) is 99.5 Å². The predicted molar refractivity (Wildman–Crippen MR) is 331 cm³/mol. The molecule has 3 aliphatic heterocycles. The van der Waals surface area contributed by atoms with Gasteiger partial charge in [-0.2, -0.15) is 0 Å². The third-order valence-electron chi connectivity index (χ3n) is 18.1. The van der Waals surface area contributed by atoms with Crippen LogP contribution >= 0.6 is 0 Å². The Morgan fingerprint density at radius 3 is 2.07 bits per heavy atom. The summed E-state index contributed by atoms with van der Waals surface area (Å²) in [5.74, 6) is -6.71. The molecule has 3 saturated carbocycles. The Morgan fingerprint density at radius 1 is 0.714 bits per heavy atom. The van der Waals surface area contributed by atoms with Crippen LogP contribution in [0.4, 0.5) is 5.69 Å². The van der Waals surface area contributed by atoms with Crippen LogP contribution < -0.4 is 42.5 Å². The van der Waals surface area contributed by atoms with E-state index < -0.39 is 100 Å². The number of fused-ring (bicyclic) bond motifs is 2. The van der Waals surface area contributed by atoms with Crippen LogP contribution in [0.15, 0.2) is 30.6 Å². The summed E-state index contributed by atoms with van der Waals surface area (Å²) in [4.78, 5) is 171. The van der Waals surface area contributed by atoms with Crippen molar-refractivity contribution in [1.29, 1.82) is 0 Å². The number of amides is 11. The number of nitrogens with one attached hydrogen (secondary N) is 8. The first-order valence-electron chi connectivity index (χ1n) is 32.9. The summed E-state index contributed by atoms with van der Waals surface area (Å²) in [5, 5.41) is 22.6. The molecular formula is C65H92N12O14. The second-order valence-corrected chi connectivity index (χ2v) is 26.0. The van der Waals surface area contributed by atoms with Crippen molar-refractivity contribution in [2.45, 2.75) is 199 Å². The van der Waals surface area contributed by atoms with Crippen molar-refractivity contribution in [3.8, 4) is 0 Å². The highest BCUT2D eigenvalue weighted by atomic mass is 16.5. The molecule has 11 amide bonds. The first-order valence-corrected chi connectivity index (χ1v) is 32.9. The van der Waals surface area contributed by atoms with Crippen molar-refractivity contribution < 1.29 is 67.0 Å². The van der Waals surface area contributed by atoms with Crippen LogP contribution in [0.1, 0.15) is 204 Å². The van der Waals surface area contributed by atoms with Crippen molar-refractivity contribution >= 4 is 76.4 Å². The molecule has 7 atom stereocenters. The number of carbonyl (C=O) groups is 12. The Balaban J connectivity index is 0.689. The molecule has 2 aromatic rings. The topological polar surface area (TPSA) is 352 Å². The summed E-state index contributed by atoms with van der Waals surface area (Å²) in [6, 6.07) is -0.294. The third-order valence-corrected chi connectivity index (χ3v) is 18.1. The predicted octanol–water partition coefficient (Wildman–Crippen LogP) is 3.57. The summed E-state index contributed by atoms with van der Waals surface area (Å²) < 4.78 is 11.2. The van der Waals surface area contributed by atoms with Gasteiger partial charge in [0.05, 0.1) is 56.0 Å². The van der Waals surface area contributed by atoms with Gasteiger partial charge in [0.15, 0.2) is 0 Å². The minimum Gasteiger partial charge on any atom is -0.382 e. The van der Waals surface area contributed by atoms with Gasteiger partial charge in [-0.3, -0.25) is 67.8 Å². The molecule has 6 aliphatic rings. The van der Waals surface area contributed by atoms with Gasteiger partial charge >= 0.3 is 0 Å². The number of piperidine rings is 1. The van der Waals surface area contributed by atoms with Crippen LogP contribution in [0.2, 0.25) is 0 Å². The van der Waals surface area contributed by atoms with Crippen LogP contribution in [0, 0.1) is 23.2 Å². The number of likely N-dealkylation sites (tertiary alicyclic amines) is 1. The minimum absolute atomic E-state index is 0.0241. The Labute approximate surface area is 531 Å². The zero-order chi connectivity index (χ0) is 65.2. The molecule has 8 N–H and O–H groups in total. The van der Waals surface area contributed by atoms with Crippen molar-refractivity contribution in [1.82, 2.24) is 57.0 Å². The highest BCUT2D eigenvalue weighted by Crippen LogP contribution is 2.43. The molecule has 26 heteroatoms. The van der Waals surface area contributed by atoms with Gasteiger partial charge in [0.25, 0.3) is 29.5 Å². The highest BCUT2D eigenvalue weighted by Gasteiger charge is 2.53. The Hall–Kier alpha value is -7.74. The minimum atomic E-state index is -1.09. The SMILES string of the molecule is CCC[C@H](NC(=O)[C@@H]1[C@H]2CCC[C@H]2CN1C(=O)[C@@H](NC(=O)[C@@H](NC(=O)c1cnc(C(=O)NCCCCCCCCNC(=O)CCOCCOCCNc2cccc3c2C(=O)N(C2CCC(=O)NC2=O)C3=O)cn1)C1CCCCC1)C(C)(C)C)C(=O)C(=O)NC1CC1. The van der Waals surface area contributed by atoms with Crippen LogP contribution in [-0.4, -0.2) is 179 Å². The molecule has 0 bridgehead atoms. The highest BCUT2D eigenvalue weighted by molar-refractivity contribution is 6.38. The molecule has 2 saturated heterocycles. The van der Waals surface area contributed by atoms with E-state index in [0.717, 1.165) is 94.8 Å². The van der Waals surface area contributed by atoms with Crippen LogP contribution in [0.5, 0.6) is 0 Å². The van der Waals surface area contributed by atoms with Crippen LogP contribution in [0.25, 0.3) is 0 Å². The maximum atomic E-state index is 14.9. The number of carbonyl (C=O) groups excluding carboxylic acids is 12. The number of aromatic nitrogens is 2. The number of anilines is 1. The fourth-order valence-electron chi connectivity index (χ4n) is 13.0. The van der Waals surface area contributed by atoms with E-state index in [0.29, 0.717) is 51.1 Å². The van der Waals surface area contributed by atoms with Crippen LogP contribution in [-0.2, 0) is 47.8 Å². The number of Topliss-reactive ketones (excluding diaryl/α,β-unsaturated/α-hetero) is 1. The van der Waals surface area contributed by atoms with E-state index in [4.69, 9.17) is 9.47 Å². The molecule has 4 heterocycles. The average molecular weight is 1270 g/mol. The molecule has 8 rings (SSSR count). The number of nitrogens with zero attached hydrogens (tertiary/aromatic N) is 4. The van der Waals surface area contributed by atoms with Gasteiger partial charge in [0, 0.05) is 50.7 Å². The summed E-state index contributed by atoms with van der Waals surface area (Å²) in [7, 11) is 0. The number of ether oxygens (including phenoxy) is 2. The monoisotopic (exact) mass is 1260 g/mol. The fourth-order valence-corrected chi connectivity index (χ4v) is 13.0. The first kappa shape index (κ1) is 69.2. The van der Waals surface area contributed by atoms with Crippen molar-refractivity contribution in [3.05, 3.63) is 53.1 Å². The van der Waals surface area contributed by atoms with E-state index in [9.17, 15) is 57.5 Å². The fraction of sp³-hybridized carbons (Fsp3) is 0.662. The zero-order valence-electron chi connectivity index (χ0n) is 53.1. The Bertz CT molecular complexity index is 2980. The zero-order valence-corrected chi connectivity index (χ0v) is 53.1. The number of ketones is 1. The van der Waals surface area contributed by atoms with Crippen LogP contribution in [0.3, 0.4) is 0 Å². The number of imide groups is 2. The lowest BCUT2D eigenvalue weighted by Crippen LogP contribution is -2.62. The maximum absolute atomic E-state index is 14.9. The van der Waals surface area contributed by atoms with E-state index in [1.807, 2.05) is 27.7 Å². The maximum Gasteiger partial charge on any atom is 0.289 e. The molecule has 1 unspecified atom stereocenters. The standard InChI is InChI=1S/C65H92N12O14/c1-5-17-45(54(80)61(86)71-41-24-25-41)72-60(85)53-42-21-15-20-40(42)38-76(53)64(89)55(65(2,3)4)75-59(84)52(39-18-11-10-12-19-39)74-57(82)47-37-69-46(36-70-47)56(81)68-30-14-9-7-6-8-13-29-67-49(78)28-32-90-34-35-91-33-31-66-44-23-16-22-43-51(44)63(88)77(62(43)87)48-26-27-50(79)73-58(48)83/h16,22-23,36-37,39-42,45,48,52-53,55,66H,5-15,17-21,24-35,38H2,1-4H3,(H,67,78)(H,68,81)(H,71,86)(H,72,85)(H,74,82)(H,75,84)(H,73,79,83)/t40-,42-,45-,48?,52-,53-,55+/m0/s1. The van der Waals surface area contributed by atoms with Crippen molar-refractivity contribution in [2.75, 3.05) is 57.9 Å². The summed E-state index contributed by atoms with van der Waals surface area (Å²) in [5.41, 5.74) is -0.105. The molecule has 0 radical (unpaired) electrons. The Kier molecular flexibility index (Phi) is 25.1. The first-order chi connectivity index (χ1) is 43.7. The van der Waals surface area contributed by atoms with Gasteiger partial charge in [-0.1, -0.05) is 91.5 Å². The second kappa shape index (κ2) is 33.0. The summed E-state index contributed by atoms with van der Waals surface area (Å²) in [6.07, 6.45) is 16.9. The largest absolute Gasteiger partial charge is 0.382 e. The second-order valence-electron chi connectivity index (χ2n) is 26.0. The van der Waals surface area contributed by atoms with Crippen molar-refractivity contribution in [2.24, 2.45) is 23.2 Å². The molecule has 3 aliphatic carbocycles. The molecule has 91 heavy (non-hydrogen) atoms. The number of benzene rings is 1. The van der Waals surface area contributed by atoms with E-state index in [-0.39, 0.29) is 104 Å². The van der Waals surface area contributed by atoms with E-state index in [2.05, 4.69) is 52.5 Å². The molecule has 5 fully saturated rings. The third kappa shape index (κ3) is 18.7. The van der Waals surface area contributed by atoms with Gasteiger partial charge in [-0.15, -0.1) is 0 Å². The van der Waals surface area contributed by atoms with E-state index in [1.54, 1.807) is 17.0 Å². The number of unbranched alkanes of at least 4 members (excludes halogenated alkanes) is 5. The Morgan fingerprint density at radius 2 is 1.40 bits per heavy atom. The molecular weight excluding hydrogens is 1170 g/mol. The van der Waals surface area contributed by atoms with Crippen molar-refractivity contribution in [3.63, 3.8) is 0 Å². The lowest BCUT2D eigenvalue weighted by Gasteiger charge is -2.38. The molecule has 26 nitrogen and oxygen atoms in total. The van der Waals surface area contributed by atoms with E-state index in [1.165, 1.54) is 18.5 Å². The van der Waals surface area contributed by atoms with Gasteiger partial charge < -0.3 is 51.6 Å². The molecule has 1 aromatic carbocycles. The normalized spacial score (nSPS) is 20.8. The summed E-state index contributed by atoms with van der Waals surface area (Å²) in [6.45, 7) is 10.0. The number of hydrogen-bond acceptors (Lipinski definition) is 17.